The number of fused-ring (bicyclic) bond motifs is 3. The molecule has 1 aromatic carbocycles. The van der Waals surface area contributed by atoms with Crippen molar-refractivity contribution < 1.29 is 4.79 Å². The summed E-state index contributed by atoms with van der Waals surface area (Å²) in [6, 6.07) is 12.6. The zero-order valence-corrected chi connectivity index (χ0v) is 20.0. The van der Waals surface area contributed by atoms with Crippen LogP contribution in [-0.2, 0) is 4.79 Å². The third kappa shape index (κ3) is 4.00. The van der Waals surface area contributed by atoms with Crippen molar-refractivity contribution in [1.82, 2.24) is 19.7 Å². The standard InChI is InChI=1S/C25H19ClN6OS/c1-14-20(11-10-18-5-3-4-12-28-18)34-25-22(14)23(16-6-8-17(26)9-7-16)29-19(13-21(27)33)24-31-30-15(2)32(24)25/h3-9,12,19H,13H2,1-2H3,(H2,27,33)/t19-/m0/s1. The fraction of sp³-hybridized carbons (Fsp3) is 0.160. The predicted octanol–water partition coefficient (Wildman–Crippen LogP) is 4.16. The molecule has 1 aliphatic heterocycles. The lowest BCUT2D eigenvalue weighted by molar-refractivity contribution is -0.118. The van der Waals surface area contributed by atoms with Crippen molar-refractivity contribution in [3.63, 3.8) is 0 Å². The lowest BCUT2D eigenvalue weighted by Gasteiger charge is -2.11. The first-order valence-corrected chi connectivity index (χ1v) is 11.7. The summed E-state index contributed by atoms with van der Waals surface area (Å²) in [5, 5.41) is 10.2. The van der Waals surface area contributed by atoms with Crippen molar-refractivity contribution in [2.75, 3.05) is 0 Å². The second kappa shape index (κ2) is 8.86. The van der Waals surface area contributed by atoms with Gasteiger partial charge < -0.3 is 5.73 Å². The summed E-state index contributed by atoms with van der Waals surface area (Å²) in [7, 11) is 0. The molecule has 0 saturated carbocycles. The molecule has 1 aliphatic rings. The maximum Gasteiger partial charge on any atom is 0.220 e. The fourth-order valence-electron chi connectivity index (χ4n) is 3.89. The molecule has 0 spiro atoms. The topological polar surface area (TPSA) is 99.1 Å². The minimum absolute atomic E-state index is 0.0234. The van der Waals surface area contributed by atoms with E-state index in [1.54, 1.807) is 6.20 Å². The highest BCUT2D eigenvalue weighted by atomic mass is 35.5. The number of benzene rings is 1. The first-order valence-electron chi connectivity index (χ1n) is 10.5. The average molecular weight is 487 g/mol. The van der Waals surface area contributed by atoms with Crippen molar-refractivity contribution in [2.24, 2.45) is 10.7 Å². The summed E-state index contributed by atoms with van der Waals surface area (Å²) in [6.07, 6.45) is 1.74. The number of primary amides is 1. The molecule has 0 fully saturated rings. The van der Waals surface area contributed by atoms with E-state index in [0.29, 0.717) is 22.4 Å². The number of pyridine rings is 1. The number of thiophene rings is 1. The molecule has 9 heteroatoms. The average Bonchev–Trinajstić information content (AvgIpc) is 3.31. The Balaban J connectivity index is 1.76. The van der Waals surface area contributed by atoms with Crippen molar-refractivity contribution in [2.45, 2.75) is 26.3 Å². The van der Waals surface area contributed by atoms with Gasteiger partial charge in [0, 0.05) is 22.3 Å². The number of amides is 1. The van der Waals surface area contributed by atoms with Crippen LogP contribution in [0.1, 0.15) is 51.4 Å². The molecule has 4 heterocycles. The fourth-order valence-corrected chi connectivity index (χ4v) is 5.23. The van der Waals surface area contributed by atoms with Crippen molar-refractivity contribution in [3.8, 4) is 16.8 Å². The van der Waals surface area contributed by atoms with Crippen LogP contribution in [0.2, 0.25) is 5.02 Å². The molecule has 0 aliphatic carbocycles. The maximum atomic E-state index is 11.9. The Morgan fingerprint density at radius 1 is 1.15 bits per heavy atom. The number of aliphatic imine (C=N–C) groups is 1. The van der Waals surface area contributed by atoms with Crippen LogP contribution in [0.15, 0.2) is 53.7 Å². The highest BCUT2D eigenvalue weighted by molar-refractivity contribution is 7.15. The number of halogens is 1. The second-order valence-electron chi connectivity index (χ2n) is 7.81. The van der Waals surface area contributed by atoms with Gasteiger partial charge in [-0.25, -0.2) is 4.98 Å². The molecule has 0 radical (unpaired) electrons. The van der Waals surface area contributed by atoms with Gasteiger partial charge in [-0.15, -0.1) is 21.5 Å². The third-order valence-electron chi connectivity index (χ3n) is 5.48. The SMILES string of the molecule is Cc1c(C#Cc2ccccn2)sc2c1C(c1ccc(Cl)cc1)=N[C@@H](CC(N)=O)c1nnc(C)n1-2. The minimum Gasteiger partial charge on any atom is -0.370 e. The number of carbonyl (C=O) groups excluding carboxylic acids is 1. The van der Waals surface area contributed by atoms with E-state index in [4.69, 9.17) is 22.3 Å². The van der Waals surface area contributed by atoms with E-state index in [2.05, 4.69) is 27.0 Å². The number of aromatic nitrogens is 4. The molecule has 1 amide bonds. The molecule has 3 aromatic heterocycles. The molecule has 168 valence electrons. The summed E-state index contributed by atoms with van der Waals surface area (Å²) in [4.78, 5) is 22.1. The Kier molecular flexibility index (Phi) is 5.74. The monoisotopic (exact) mass is 486 g/mol. The third-order valence-corrected chi connectivity index (χ3v) is 6.93. The molecule has 0 saturated heterocycles. The van der Waals surface area contributed by atoms with Gasteiger partial charge >= 0.3 is 0 Å². The Morgan fingerprint density at radius 3 is 2.65 bits per heavy atom. The maximum absolute atomic E-state index is 11.9. The smallest absolute Gasteiger partial charge is 0.220 e. The summed E-state index contributed by atoms with van der Waals surface area (Å²) in [5.41, 5.74) is 9.78. The van der Waals surface area contributed by atoms with Crippen LogP contribution in [-0.4, -0.2) is 31.4 Å². The van der Waals surface area contributed by atoms with Gasteiger partial charge in [-0.1, -0.05) is 29.8 Å². The molecular weight excluding hydrogens is 468 g/mol. The van der Waals surface area contributed by atoms with Gasteiger partial charge in [0.15, 0.2) is 5.82 Å². The molecule has 2 N–H and O–H groups in total. The molecular formula is C25H19ClN6OS. The van der Waals surface area contributed by atoms with Crippen LogP contribution in [0.4, 0.5) is 0 Å². The van der Waals surface area contributed by atoms with E-state index < -0.39 is 11.9 Å². The zero-order valence-electron chi connectivity index (χ0n) is 18.4. The van der Waals surface area contributed by atoms with Crippen LogP contribution >= 0.6 is 22.9 Å². The normalized spacial score (nSPS) is 14.3. The quantitative estimate of drug-likeness (QED) is 0.439. The number of nitrogens with two attached hydrogens (primary N) is 1. The summed E-state index contributed by atoms with van der Waals surface area (Å²) in [5.74, 6) is 7.24. The lowest BCUT2D eigenvalue weighted by atomic mass is 9.99. The Hall–Kier alpha value is -3.80. The van der Waals surface area contributed by atoms with E-state index in [-0.39, 0.29) is 6.42 Å². The Bertz CT molecular complexity index is 1490. The number of rotatable bonds is 3. The first-order chi connectivity index (χ1) is 16.4. The summed E-state index contributed by atoms with van der Waals surface area (Å²) >= 11 is 7.68. The molecule has 4 aromatic rings. The van der Waals surface area contributed by atoms with Crippen LogP contribution in [0.5, 0.6) is 0 Å². The molecule has 5 rings (SSSR count). The van der Waals surface area contributed by atoms with Gasteiger partial charge in [-0.3, -0.25) is 14.4 Å². The molecule has 34 heavy (non-hydrogen) atoms. The highest BCUT2D eigenvalue weighted by Gasteiger charge is 2.32. The number of aryl methyl sites for hydroxylation is 1. The predicted molar refractivity (Wildman–Crippen MR) is 133 cm³/mol. The van der Waals surface area contributed by atoms with Gasteiger partial charge in [-0.05, 0) is 55.5 Å². The van der Waals surface area contributed by atoms with Gasteiger partial charge in [0.2, 0.25) is 5.91 Å². The van der Waals surface area contributed by atoms with E-state index in [0.717, 1.165) is 32.3 Å². The van der Waals surface area contributed by atoms with Crippen molar-refractivity contribution in [1.29, 1.82) is 0 Å². The van der Waals surface area contributed by atoms with Gasteiger partial charge in [0.1, 0.15) is 22.6 Å². The molecule has 0 unspecified atom stereocenters. The molecule has 0 bridgehead atoms. The van der Waals surface area contributed by atoms with E-state index in [1.807, 2.05) is 60.9 Å². The number of hydrogen-bond donors (Lipinski definition) is 1. The van der Waals surface area contributed by atoms with Crippen LogP contribution < -0.4 is 5.73 Å². The lowest BCUT2D eigenvalue weighted by Crippen LogP contribution is -2.17. The van der Waals surface area contributed by atoms with Crippen LogP contribution in [0, 0.1) is 25.7 Å². The number of hydrogen-bond acceptors (Lipinski definition) is 6. The van der Waals surface area contributed by atoms with Gasteiger partial charge in [0.25, 0.3) is 0 Å². The van der Waals surface area contributed by atoms with Gasteiger partial charge in [0.05, 0.1) is 17.0 Å². The molecule has 1 atom stereocenters. The Morgan fingerprint density at radius 2 is 1.94 bits per heavy atom. The zero-order chi connectivity index (χ0) is 23.8. The Labute approximate surface area is 205 Å². The minimum atomic E-state index is -0.563. The van der Waals surface area contributed by atoms with E-state index in [9.17, 15) is 4.79 Å². The van der Waals surface area contributed by atoms with E-state index in [1.165, 1.54) is 11.3 Å². The van der Waals surface area contributed by atoms with Crippen LogP contribution in [0.25, 0.3) is 5.00 Å². The van der Waals surface area contributed by atoms with E-state index >= 15 is 0 Å². The number of nitrogens with zero attached hydrogens (tertiary/aromatic N) is 5. The van der Waals surface area contributed by atoms with Gasteiger partial charge in [-0.2, -0.15) is 0 Å². The summed E-state index contributed by atoms with van der Waals surface area (Å²) < 4.78 is 1.96. The van der Waals surface area contributed by atoms with Crippen LogP contribution in [0.3, 0.4) is 0 Å². The first kappa shape index (κ1) is 22.0. The highest BCUT2D eigenvalue weighted by Crippen LogP contribution is 2.39. The van der Waals surface area contributed by atoms with Crippen molar-refractivity contribution in [3.05, 3.63) is 92.6 Å². The largest absolute Gasteiger partial charge is 0.370 e. The number of carbonyl (C=O) groups is 1. The van der Waals surface area contributed by atoms with Crippen molar-refractivity contribution >= 4 is 34.6 Å². The second-order valence-corrected chi connectivity index (χ2v) is 9.25. The summed E-state index contributed by atoms with van der Waals surface area (Å²) in [6.45, 7) is 3.90. The molecule has 7 nitrogen and oxygen atoms in total.